The van der Waals surface area contributed by atoms with Crippen molar-refractivity contribution in [3.8, 4) is 11.5 Å². The molecule has 9 heteroatoms. The molecular formula is C46H42O9. The van der Waals surface area contributed by atoms with E-state index in [0.29, 0.717) is 41.4 Å². The molecule has 5 aromatic carbocycles. The van der Waals surface area contributed by atoms with E-state index in [9.17, 15) is 19.2 Å². The summed E-state index contributed by atoms with van der Waals surface area (Å²) in [5, 5.41) is 0. The maximum atomic E-state index is 13.4. The van der Waals surface area contributed by atoms with Gasteiger partial charge in [-0.05, 0) is 90.1 Å². The summed E-state index contributed by atoms with van der Waals surface area (Å²) in [5.74, 6) is -2.37. The van der Waals surface area contributed by atoms with Gasteiger partial charge in [0.05, 0.1) is 0 Å². The molecule has 0 fully saturated rings. The second-order valence-electron chi connectivity index (χ2n) is 12.7. The van der Waals surface area contributed by atoms with Crippen molar-refractivity contribution in [3.05, 3.63) is 178 Å². The minimum atomic E-state index is -1.89. The summed E-state index contributed by atoms with van der Waals surface area (Å²) in [6.07, 6.45) is 1.55. The smallest absolute Gasteiger partial charge is 0.352 e. The number of Topliss-reactive ketones (excluding diaryl/α,β-unsaturated/α-hetero) is 1. The van der Waals surface area contributed by atoms with E-state index in [4.69, 9.17) is 23.7 Å². The van der Waals surface area contributed by atoms with Crippen molar-refractivity contribution in [1.29, 1.82) is 0 Å². The number of aryl methyl sites for hydroxylation is 2. The molecule has 5 rings (SSSR count). The Balaban J connectivity index is 1.27. The molecule has 0 aromatic heterocycles. The molecule has 55 heavy (non-hydrogen) atoms. The van der Waals surface area contributed by atoms with Crippen LogP contribution in [0.5, 0.6) is 11.5 Å². The van der Waals surface area contributed by atoms with Crippen LogP contribution in [-0.4, -0.2) is 35.9 Å². The number of ketones is 1. The highest BCUT2D eigenvalue weighted by Crippen LogP contribution is 2.23. The van der Waals surface area contributed by atoms with Gasteiger partial charge < -0.3 is 23.7 Å². The second kappa shape index (κ2) is 19.9. The molecule has 280 valence electrons. The minimum Gasteiger partial charge on any atom is -0.489 e. The maximum Gasteiger partial charge on any atom is 0.352 e. The lowest BCUT2D eigenvalue weighted by Crippen LogP contribution is -2.45. The van der Waals surface area contributed by atoms with Gasteiger partial charge in [0.25, 0.3) is 0 Å². The molecule has 0 heterocycles. The van der Waals surface area contributed by atoms with Gasteiger partial charge in [-0.25, -0.2) is 14.4 Å². The predicted octanol–water partition coefficient (Wildman–Crippen LogP) is 8.34. The largest absolute Gasteiger partial charge is 0.489 e. The fraction of sp³-hybridized carbons (Fsp3) is 0.174. The molecule has 0 aliphatic rings. The standard InChI is InChI=1S/C46H42O9/c1-32-19-20-36(28-41(32)52-30-38-15-9-5-10-16-38)23-26-43(49)55-45(46(50)53-31-39-17-11-6-12-18-39)44(34(3)47)54-42(48)25-22-35-21-24-40(33(2)27-35)51-29-37-13-7-4-8-14-37/h4-28,44-45H,29-31H2,1-3H3/b25-22+,26-23+. The molecule has 0 amide bonds. The molecule has 5 aromatic rings. The first-order chi connectivity index (χ1) is 26.6. The Hall–Kier alpha value is -6.74. The third-order valence-corrected chi connectivity index (χ3v) is 8.33. The molecular weight excluding hydrogens is 696 g/mol. The summed E-state index contributed by atoms with van der Waals surface area (Å²) >= 11 is 0. The van der Waals surface area contributed by atoms with Gasteiger partial charge in [0, 0.05) is 12.2 Å². The highest BCUT2D eigenvalue weighted by atomic mass is 16.6. The van der Waals surface area contributed by atoms with Gasteiger partial charge in [-0.3, -0.25) is 4.79 Å². The van der Waals surface area contributed by atoms with Crippen LogP contribution in [-0.2, 0) is 53.2 Å². The van der Waals surface area contributed by atoms with Gasteiger partial charge in [0.15, 0.2) is 5.78 Å². The first kappa shape index (κ1) is 39.5. The van der Waals surface area contributed by atoms with Crippen molar-refractivity contribution >= 4 is 35.8 Å². The fourth-order valence-corrected chi connectivity index (χ4v) is 5.34. The van der Waals surface area contributed by atoms with Gasteiger partial charge in [-0.15, -0.1) is 0 Å². The van der Waals surface area contributed by atoms with Crippen molar-refractivity contribution in [1.82, 2.24) is 0 Å². The van der Waals surface area contributed by atoms with Crippen LogP contribution in [0.2, 0.25) is 0 Å². The van der Waals surface area contributed by atoms with E-state index in [2.05, 4.69) is 0 Å². The van der Waals surface area contributed by atoms with Crippen LogP contribution in [0.4, 0.5) is 0 Å². The fourth-order valence-electron chi connectivity index (χ4n) is 5.34. The maximum absolute atomic E-state index is 13.4. The summed E-state index contributed by atoms with van der Waals surface area (Å²) in [6, 6.07) is 39.1. The van der Waals surface area contributed by atoms with Crippen LogP contribution < -0.4 is 9.47 Å². The van der Waals surface area contributed by atoms with Gasteiger partial charge >= 0.3 is 17.9 Å². The molecule has 0 spiro atoms. The number of benzene rings is 5. The zero-order valence-electron chi connectivity index (χ0n) is 30.9. The second-order valence-corrected chi connectivity index (χ2v) is 12.7. The minimum absolute atomic E-state index is 0.165. The Bertz CT molecular complexity index is 2120. The summed E-state index contributed by atoms with van der Waals surface area (Å²) in [6.45, 7) is 5.52. The molecule has 0 aliphatic heterocycles. The monoisotopic (exact) mass is 738 g/mol. The summed E-state index contributed by atoms with van der Waals surface area (Å²) in [4.78, 5) is 52.5. The van der Waals surface area contributed by atoms with E-state index in [1.165, 1.54) is 12.2 Å². The van der Waals surface area contributed by atoms with Crippen LogP contribution in [0.3, 0.4) is 0 Å². The van der Waals surface area contributed by atoms with Crippen molar-refractivity contribution in [2.24, 2.45) is 0 Å². The molecule has 2 unspecified atom stereocenters. The Kier molecular flexibility index (Phi) is 14.3. The molecule has 0 aliphatic carbocycles. The molecule has 2 atom stereocenters. The van der Waals surface area contributed by atoms with Gasteiger partial charge in [0.1, 0.15) is 31.3 Å². The number of rotatable bonds is 17. The third kappa shape index (κ3) is 12.4. The normalized spacial score (nSPS) is 12.1. The molecule has 0 bridgehead atoms. The molecule has 0 saturated carbocycles. The van der Waals surface area contributed by atoms with Crippen molar-refractivity contribution in [3.63, 3.8) is 0 Å². The number of hydrogen-bond donors (Lipinski definition) is 0. The Morgan fingerprint density at radius 2 is 1.00 bits per heavy atom. The Morgan fingerprint density at radius 1 is 0.527 bits per heavy atom. The lowest BCUT2D eigenvalue weighted by Gasteiger charge is -2.23. The van der Waals surface area contributed by atoms with E-state index in [1.807, 2.05) is 92.7 Å². The molecule has 0 saturated heterocycles. The number of hydrogen-bond acceptors (Lipinski definition) is 9. The van der Waals surface area contributed by atoms with Crippen molar-refractivity contribution in [2.45, 2.75) is 52.8 Å². The SMILES string of the molecule is CC(=O)C(OC(=O)/C=C/c1ccc(OCc2ccccc2)c(C)c1)C(OC(=O)/C=C/c1ccc(C)c(OCc2ccccc2)c1)C(=O)OCc1ccccc1. The van der Waals surface area contributed by atoms with E-state index in [-0.39, 0.29) is 6.61 Å². The zero-order valence-corrected chi connectivity index (χ0v) is 30.9. The van der Waals surface area contributed by atoms with Crippen molar-refractivity contribution in [2.75, 3.05) is 0 Å². The number of ether oxygens (including phenoxy) is 5. The van der Waals surface area contributed by atoms with E-state index >= 15 is 0 Å². The number of carbonyl (C=O) groups is 4. The summed E-state index contributed by atoms with van der Waals surface area (Å²) in [7, 11) is 0. The third-order valence-electron chi connectivity index (χ3n) is 8.33. The van der Waals surface area contributed by atoms with Gasteiger partial charge in [0.2, 0.25) is 12.2 Å². The molecule has 0 N–H and O–H groups in total. The van der Waals surface area contributed by atoms with Crippen LogP contribution in [0, 0.1) is 13.8 Å². The quantitative estimate of drug-likeness (QED) is 0.0528. The number of carbonyl (C=O) groups excluding carboxylic acids is 4. The first-order valence-electron chi connectivity index (χ1n) is 17.7. The van der Waals surface area contributed by atoms with Crippen LogP contribution in [0.1, 0.15) is 45.9 Å². The van der Waals surface area contributed by atoms with Crippen molar-refractivity contribution < 1.29 is 42.9 Å². The van der Waals surface area contributed by atoms with Crippen LogP contribution in [0.15, 0.2) is 140 Å². The van der Waals surface area contributed by atoms with E-state index in [0.717, 1.165) is 41.3 Å². The highest BCUT2D eigenvalue weighted by Gasteiger charge is 2.39. The lowest BCUT2D eigenvalue weighted by molar-refractivity contribution is -0.181. The average molecular weight is 739 g/mol. The summed E-state index contributed by atoms with van der Waals surface area (Å²) in [5.41, 5.74) is 5.73. The Labute approximate surface area is 320 Å². The highest BCUT2D eigenvalue weighted by molar-refractivity contribution is 5.95. The molecule has 0 radical (unpaired) electrons. The topological polar surface area (TPSA) is 114 Å². The van der Waals surface area contributed by atoms with E-state index in [1.54, 1.807) is 48.5 Å². The van der Waals surface area contributed by atoms with Crippen LogP contribution >= 0.6 is 0 Å². The average Bonchev–Trinajstić information content (AvgIpc) is 3.20. The lowest BCUT2D eigenvalue weighted by atomic mass is 10.1. The van der Waals surface area contributed by atoms with Crippen LogP contribution in [0.25, 0.3) is 12.2 Å². The summed E-state index contributed by atoms with van der Waals surface area (Å²) < 4.78 is 28.3. The van der Waals surface area contributed by atoms with Gasteiger partial charge in [-0.2, -0.15) is 0 Å². The molecule has 9 nitrogen and oxygen atoms in total. The van der Waals surface area contributed by atoms with E-state index < -0.39 is 35.9 Å². The number of esters is 3. The van der Waals surface area contributed by atoms with Gasteiger partial charge in [-0.1, -0.05) is 109 Å². The Morgan fingerprint density at radius 3 is 1.53 bits per heavy atom. The zero-order chi connectivity index (χ0) is 39.0. The predicted molar refractivity (Wildman–Crippen MR) is 209 cm³/mol. The first-order valence-corrected chi connectivity index (χ1v) is 17.7.